The number of aromatic carboxylic acids is 1. The highest BCUT2D eigenvalue weighted by Gasteiger charge is 2.09. The van der Waals surface area contributed by atoms with E-state index in [1.54, 1.807) is 6.92 Å². The number of carboxylic acid groups (broad SMARTS) is 1. The van der Waals surface area contributed by atoms with E-state index in [0.29, 0.717) is 6.54 Å². The summed E-state index contributed by atoms with van der Waals surface area (Å²) in [5.74, 6) is 4.66. The highest BCUT2D eigenvalue weighted by Crippen LogP contribution is 2.08. The molecule has 14 heavy (non-hydrogen) atoms. The molecule has 1 aromatic heterocycles. The summed E-state index contributed by atoms with van der Waals surface area (Å²) in [4.78, 5) is 18.1. The lowest BCUT2D eigenvalue weighted by atomic mass is 10.3. The average Bonchev–Trinajstić information content (AvgIpc) is 2.19. The molecule has 0 aliphatic heterocycles. The van der Waals surface area contributed by atoms with E-state index in [4.69, 9.17) is 5.11 Å². The first kappa shape index (κ1) is 9.99. The first-order valence-electron chi connectivity index (χ1n) is 3.92. The number of aromatic nitrogens is 2. The van der Waals surface area contributed by atoms with Crippen molar-refractivity contribution < 1.29 is 9.90 Å². The van der Waals surface area contributed by atoms with Crippen molar-refractivity contribution in [3.05, 3.63) is 18.1 Å². The molecular weight excluding hydrogens is 182 g/mol. The number of nitrogens with zero attached hydrogens (tertiary/aromatic N) is 2. The molecule has 72 valence electrons. The number of carboxylic acids is 1. The van der Waals surface area contributed by atoms with E-state index in [1.165, 1.54) is 12.5 Å². The van der Waals surface area contributed by atoms with Crippen LogP contribution < -0.4 is 5.32 Å². The summed E-state index contributed by atoms with van der Waals surface area (Å²) in [6.45, 7) is 2.08. The Bertz CT molecular complexity index is 393. The van der Waals surface area contributed by atoms with Crippen LogP contribution in [0.1, 0.15) is 17.3 Å². The van der Waals surface area contributed by atoms with Gasteiger partial charge in [-0.05, 0) is 6.92 Å². The third-order valence-electron chi connectivity index (χ3n) is 1.46. The van der Waals surface area contributed by atoms with Gasteiger partial charge in [-0.2, -0.15) is 0 Å². The predicted octanol–water partition coefficient (Wildman–Crippen LogP) is 0.610. The van der Waals surface area contributed by atoms with Crippen LogP contribution in [0.15, 0.2) is 12.5 Å². The SMILES string of the molecule is CC#CCNc1ncncc1C(=O)O. The third kappa shape index (κ3) is 2.45. The van der Waals surface area contributed by atoms with Crippen molar-refractivity contribution in [2.75, 3.05) is 11.9 Å². The fourth-order valence-corrected chi connectivity index (χ4v) is 0.843. The Morgan fingerprint density at radius 3 is 3.14 bits per heavy atom. The van der Waals surface area contributed by atoms with Crippen molar-refractivity contribution in [3.63, 3.8) is 0 Å². The van der Waals surface area contributed by atoms with Gasteiger partial charge in [0.15, 0.2) is 0 Å². The molecule has 5 nitrogen and oxygen atoms in total. The Morgan fingerprint density at radius 1 is 1.71 bits per heavy atom. The molecule has 0 unspecified atom stereocenters. The summed E-state index contributed by atoms with van der Waals surface area (Å²) in [5.41, 5.74) is 0.0467. The van der Waals surface area contributed by atoms with Crippen LogP contribution in [0.5, 0.6) is 0 Å². The van der Waals surface area contributed by atoms with Crippen LogP contribution in [-0.4, -0.2) is 27.6 Å². The summed E-state index contributed by atoms with van der Waals surface area (Å²) in [7, 11) is 0. The molecule has 0 aromatic carbocycles. The molecule has 0 saturated heterocycles. The minimum absolute atomic E-state index is 0.0467. The monoisotopic (exact) mass is 191 g/mol. The highest BCUT2D eigenvalue weighted by atomic mass is 16.4. The first-order valence-corrected chi connectivity index (χ1v) is 3.92. The van der Waals surface area contributed by atoms with Crippen molar-refractivity contribution in [2.24, 2.45) is 0 Å². The molecule has 0 atom stereocenters. The lowest BCUT2D eigenvalue weighted by Gasteiger charge is -2.03. The maximum atomic E-state index is 10.7. The van der Waals surface area contributed by atoms with Crippen molar-refractivity contribution in [3.8, 4) is 11.8 Å². The van der Waals surface area contributed by atoms with Crippen molar-refractivity contribution >= 4 is 11.8 Å². The lowest BCUT2D eigenvalue weighted by molar-refractivity contribution is 0.0697. The molecule has 0 spiro atoms. The summed E-state index contributed by atoms with van der Waals surface area (Å²) in [6, 6.07) is 0. The molecule has 0 amide bonds. The van der Waals surface area contributed by atoms with Crippen molar-refractivity contribution in [1.82, 2.24) is 9.97 Å². The van der Waals surface area contributed by atoms with Crippen LogP contribution in [0, 0.1) is 11.8 Å². The quantitative estimate of drug-likeness (QED) is 0.684. The number of carbonyl (C=O) groups is 1. The Hall–Kier alpha value is -2.09. The Morgan fingerprint density at radius 2 is 2.50 bits per heavy atom. The van der Waals surface area contributed by atoms with Crippen LogP contribution in [0.25, 0.3) is 0 Å². The van der Waals surface area contributed by atoms with Gasteiger partial charge in [0, 0.05) is 6.20 Å². The van der Waals surface area contributed by atoms with Gasteiger partial charge in [0.05, 0.1) is 6.54 Å². The van der Waals surface area contributed by atoms with E-state index in [2.05, 4.69) is 27.1 Å². The Labute approximate surface area is 81.2 Å². The van der Waals surface area contributed by atoms with Crippen LogP contribution in [0.2, 0.25) is 0 Å². The zero-order chi connectivity index (χ0) is 10.4. The van der Waals surface area contributed by atoms with Crippen molar-refractivity contribution in [2.45, 2.75) is 6.92 Å². The fraction of sp³-hybridized carbons (Fsp3) is 0.222. The van der Waals surface area contributed by atoms with E-state index >= 15 is 0 Å². The van der Waals surface area contributed by atoms with Crippen molar-refractivity contribution in [1.29, 1.82) is 0 Å². The van der Waals surface area contributed by atoms with Gasteiger partial charge in [-0.25, -0.2) is 14.8 Å². The van der Waals surface area contributed by atoms with E-state index in [9.17, 15) is 4.79 Å². The highest BCUT2D eigenvalue weighted by molar-refractivity contribution is 5.92. The van der Waals surface area contributed by atoms with E-state index in [-0.39, 0.29) is 11.4 Å². The van der Waals surface area contributed by atoms with Crippen LogP contribution in [0.3, 0.4) is 0 Å². The van der Waals surface area contributed by atoms with Crippen LogP contribution >= 0.6 is 0 Å². The number of hydrogen-bond donors (Lipinski definition) is 2. The maximum Gasteiger partial charge on any atom is 0.341 e. The molecule has 2 N–H and O–H groups in total. The lowest BCUT2D eigenvalue weighted by Crippen LogP contribution is -2.08. The minimum Gasteiger partial charge on any atom is -0.477 e. The fourth-order valence-electron chi connectivity index (χ4n) is 0.843. The van der Waals surface area contributed by atoms with Gasteiger partial charge in [0.1, 0.15) is 17.7 Å². The second kappa shape index (κ2) is 4.82. The molecule has 0 aliphatic rings. The minimum atomic E-state index is -1.06. The first-order chi connectivity index (χ1) is 6.75. The molecular formula is C9H9N3O2. The second-order valence-electron chi connectivity index (χ2n) is 2.37. The number of hydrogen-bond acceptors (Lipinski definition) is 4. The van der Waals surface area contributed by atoms with Gasteiger partial charge < -0.3 is 10.4 Å². The number of rotatable bonds is 3. The number of nitrogens with one attached hydrogen (secondary N) is 1. The van der Waals surface area contributed by atoms with E-state index in [0.717, 1.165) is 0 Å². The molecule has 1 heterocycles. The largest absolute Gasteiger partial charge is 0.477 e. The van der Waals surface area contributed by atoms with Gasteiger partial charge in [0.2, 0.25) is 0 Å². The smallest absolute Gasteiger partial charge is 0.341 e. The maximum absolute atomic E-state index is 10.7. The molecule has 5 heteroatoms. The summed E-state index contributed by atoms with van der Waals surface area (Å²) in [5, 5.41) is 11.6. The van der Waals surface area contributed by atoms with Gasteiger partial charge in [0.25, 0.3) is 0 Å². The molecule has 0 saturated carbocycles. The molecule has 1 rings (SSSR count). The van der Waals surface area contributed by atoms with Gasteiger partial charge in [-0.1, -0.05) is 5.92 Å². The third-order valence-corrected chi connectivity index (χ3v) is 1.46. The average molecular weight is 191 g/mol. The van der Waals surface area contributed by atoms with Crippen LogP contribution in [0.4, 0.5) is 5.82 Å². The zero-order valence-electron chi connectivity index (χ0n) is 7.61. The zero-order valence-corrected chi connectivity index (χ0v) is 7.61. The molecule has 0 aliphatic carbocycles. The standard InChI is InChI=1S/C9H9N3O2/c1-2-3-4-11-8-7(9(13)14)5-10-6-12-8/h5-6H,4H2,1H3,(H,13,14)(H,10,11,12). The second-order valence-corrected chi connectivity index (χ2v) is 2.37. The van der Waals surface area contributed by atoms with E-state index < -0.39 is 5.97 Å². The molecule has 1 aromatic rings. The Kier molecular flexibility index (Phi) is 3.44. The normalized spacial score (nSPS) is 8.64. The molecule has 0 radical (unpaired) electrons. The van der Waals surface area contributed by atoms with Gasteiger partial charge in [-0.3, -0.25) is 0 Å². The van der Waals surface area contributed by atoms with Crippen LogP contribution in [-0.2, 0) is 0 Å². The van der Waals surface area contributed by atoms with Gasteiger partial charge >= 0.3 is 5.97 Å². The predicted molar refractivity (Wildman–Crippen MR) is 50.9 cm³/mol. The molecule has 0 bridgehead atoms. The Balaban J connectivity index is 2.83. The summed E-state index contributed by atoms with van der Waals surface area (Å²) in [6.07, 6.45) is 2.53. The molecule has 0 fully saturated rings. The number of anilines is 1. The summed E-state index contributed by atoms with van der Waals surface area (Å²) < 4.78 is 0. The topological polar surface area (TPSA) is 75.1 Å². The van der Waals surface area contributed by atoms with Gasteiger partial charge in [-0.15, -0.1) is 5.92 Å². The van der Waals surface area contributed by atoms with E-state index in [1.807, 2.05) is 0 Å². The summed E-state index contributed by atoms with van der Waals surface area (Å²) >= 11 is 0.